The summed E-state index contributed by atoms with van der Waals surface area (Å²) in [5, 5.41) is 3.04. The summed E-state index contributed by atoms with van der Waals surface area (Å²) in [5.74, 6) is -0.137. The second-order valence-corrected chi connectivity index (χ2v) is 9.86. The molecular formula is C30H34ClN3O3. The number of carbonyl (C=O) groups is 2. The summed E-state index contributed by atoms with van der Waals surface area (Å²) >= 11 is 0. The molecule has 7 heteroatoms. The van der Waals surface area contributed by atoms with Gasteiger partial charge in [0.05, 0.1) is 0 Å². The van der Waals surface area contributed by atoms with Gasteiger partial charge in [-0.3, -0.25) is 9.69 Å². The molecule has 0 aromatic heterocycles. The Balaban J connectivity index is 0.00000320. The van der Waals surface area contributed by atoms with Crippen molar-refractivity contribution in [3.05, 3.63) is 95.1 Å². The van der Waals surface area contributed by atoms with Gasteiger partial charge < -0.3 is 15.8 Å². The number of hydrogen-bond donors (Lipinski definition) is 2. The van der Waals surface area contributed by atoms with Crippen molar-refractivity contribution in [2.75, 3.05) is 19.7 Å². The van der Waals surface area contributed by atoms with Gasteiger partial charge >= 0.3 is 6.09 Å². The Morgan fingerprint density at radius 2 is 1.57 bits per heavy atom. The van der Waals surface area contributed by atoms with E-state index in [4.69, 9.17) is 10.5 Å². The third-order valence-corrected chi connectivity index (χ3v) is 7.64. The molecule has 0 spiro atoms. The number of likely N-dealkylation sites (tertiary alicyclic amines) is 1. The quantitative estimate of drug-likeness (QED) is 0.458. The smallest absolute Gasteiger partial charge is 0.410 e. The second kappa shape index (κ2) is 11.4. The highest BCUT2D eigenvalue weighted by Gasteiger charge is 2.46. The minimum Gasteiger partial charge on any atom is -0.448 e. The lowest BCUT2D eigenvalue weighted by Gasteiger charge is -2.33. The Morgan fingerprint density at radius 1 is 0.973 bits per heavy atom. The minimum absolute atomic E-state index is 0. The molecule has 2 aliphatic rings. The number of hydrogen-bond acceptors (Lipinski definition) is 4. The maximum atomic E-state index is 13.2. The summed E-state index contributed by atoms with van der Waals surface area (Å²) in [7, 11) is 0. The molecule has 2 amide bonds. The Hall–Kier alpha value is -3.35. The Kier molecular flexibility index (Phi) is 8.20. The summed E-state index contributed by atoms with van der Waals surface area (Å²) in [6.07, 6.45) is 1.69. The fourth-order valence-electron chi connectivity index (χ4n) is 5.52. The molecule has 1 atom stereocenters. The van der Waals surface area contributed by atoms with E-state index < -0.39 is 11.6 Å². The number of fused-ring (bicyclic) bond motifs is 3. The van der Waals surface area contributed by atoms with Crippen molar-refractivity contribution in [1.29, 1.82) is 0 Å². The molecule has 3 aromatic rings. The van der Waals surface area contributed by atoms with Gasteiger partial charge in [-0.25, -0.2) is 4.79 Å². The first-order chi connectivity index (χ1) is 17.5. The van der Waals surface area contributed by atoms with Crippen molar-refractivity contribution >= 4 is 24.4 Å². The number of nitrogens with zero attached hydrogens (tertiary/aromatic N) is 1. The lowest BCUT2D eigenvalue weighted by atomic mass is 9.97. The van der Waals surface area contributed by atoms with Gasteiger partial charge in [-0.05, 0) is 59.6 Å². The van der Waals surface area contributed by atoms with Crippen LogP contribution >= 0.6 is 12.4 Å². The third kappa shape index (κ3) is 5.22. The number of halogens is 1. The molecule has 0 saturated carbocycles. The van der Waals surface area contributed by atoms with Gasteiger partial charge in [0.2, 0.25) is 5.91 Å². The first-order valence-electron chi connectivity index (χ1n) is 12.7. The fraction of sp³-hybridized carbons (Fsp3) is 0.333. The highest BCUT2D eigenvalue weighted by molar-refractivity contribution is 5.90. The first kappa shape index (κ1) is 26.7. The van der Waals surface area contributed by atoms with Gasteiger partial charge in [0, 0.05) is 25.6 Å². The van der Waals surface area contributed by atoms with E-state index >= 15 is 0 Å². The topological polar surface area (TPSA) is 84.7 Å². The highest BCUT2D eigenvalue weighted by atomic mass is 35.5. The SMILES string of the molecule is C[C@@]1(C(=O)NCCc2ccc(CN)cc2)CCCN1C(=O)OCC1c2ccccc2-c2ccccc21.Cl. The van der Waals surface area contributed by atoms with Crippen molar-refractivity contribution in [2.45, 2.75) is 44.2 Å². The Morgan fingerprint density at radius 3 is 2.19 bits per heavy atom. The molecule has 3 N–H and O–H groups in total. The van der Waals surface area contributed by atoms with E-state index in [1.54, 1.807) is 4.90 Å². The monoisotopic (exact) mass is 519 g/mol. The van der Waals surface area contributed by atoms with Crippen LogP contribution in [-0.4, -0.2) is 42.1 Å². The summed E-state index contributed by atoms with van der Waals surface area (Å²) in [5.41, 5.74) is 11.7. The molecule has 0 unspecified atom stereocenters. The molecule has 3 aromatic carbocycles. The van der Waals surface area contributed by atoms with Gasteiger partial charge in [-0.1, -0.05) is 72.8 Å². The van der Waals surface area contributed by atoms with Crippen molar-refractivity contribution in [1.82, 2.24) is 10.2 Å². The van der Waals surface area contributed by atoms with Crippen LogP contribution in [0.2, 0.25) is 0 Å². The van der Waals surface area contributed by atoms with Gasteiger partial charge in [-0.15, -0.1) is 12.4 Å². The van der Waals surface area contributed by atoms with Crippen LogP contribution in [0.1, 0.15) is 47.9 Å². The molecule has 194 valence electrons. The molecule has 1 saturated heterocycles. The van der Waals surface area contributed by atoms with E-state index in [9.17, 15) is 9.59 Å². The lowest BCUT2D eigenvalue weighted by molar-refractivity contribution is -0.130. The van der Waals surface area contributed by atoms with Crippen LogP contribution in [0.4, 0.5) is 4.79 Å². The number of rotatable bonds is 7. The maximum Gasteiger partial charge on any atom is 0.410 e. The van der Waals surface area contributed by atoms with Crippen LogP contribution in [-0.2, 0) is 22.5 Å². The Bertz CT molecular complexity index is 1220. The number of benzene rings is 3. The van der Waals surface area contributed by atoms with E-state index in [1.165, 1.54) is 22.3 Å². The summed E-state index contributed by atoms with van der Waals surface area (Å²) < 4.78 is 5.86. The van der Waals surface area contributed by atoms with Crippen molar-refractivity contribution in [3.63, 3.8) is 0 Å². The van der Waals surface area contributed by atoms with Crippen LogP contribution in [0.5, 0.6) is 0 Å². The molecule has 1 fully saturated rings. The van der Waals surface area contributed by atoms with Crippen LogP contribution in [0, 0.1) is 0 Å². The zero-order chi connectivity index (χ0) is 25.1. The normalized spacial score (nSPS) is 18.1. The molecule has 1 heterocycles. The van der Waals surface area contributed by atoms with Crippen LogP contribution < -0.4 is 11.1 Å². The molecule has 37 heavy (non-hydrogen) atoms. The van der Waals surface area contributed by atoms with Gasteiger partial charge in [0.15, 0.2) is 0 Å². The first-order valence-corrected chi connectivity index (χ1v) is 12.7. The van der Waals surface area contributed by atoms with Gasteiger partial charge in [0.1, 0.15) is 12.1 Å². The number of nitrogens with two attached hydrogens (primary N) is 1. The molecular weight excluding hydrogens is 486 g/mol. The standard InChI is InChI=1S/C30H33N3O3.ClH/c1-30(28(34)32-17-15-21-11-13-22(19-31)14-12-21)16-6-18-33(30)29(35)36-20-27-25-9-4-2-7-23(25)24-8-3-5-10-26(24)27;/h2-5,7-14,27H,6,15-20,31H2,1H3,(H,32,34);1H/t30-;/m0./s1. The molecule has 1 aliphatic heterocycles. The fourth-order valence-corrected chi connectivity index (χ4v) is 5.52. The lowest BCUT2D eigenvalue weighted by Crippen LogP contribution is -2.55. The van der Waals surface area contributed by atoms with Crippen LogP contribution in [0.15, 0.2) is 72.8 Å². The predicted octanol–water partition coefficient (Wildman–Crippen LogP) is 5.03. The zero-order valence-electron chi connectivity index (χ0n) is 21.1. The van der Waals surface area contributed by atoms with Crippen molar-refractivity contribution in [2.24, 2.45) is 5.73 Å². The van der Waals surface area contributed by atoms with Crippen LogP contribution in [0.25, 0.3) is 11.1 Å². The van der Waals surface area contributed by atoms with Crippen LogP contribution in [0.3, 0.4) is 0 Å². The predicted molar refractivity (Wildman–Crippen MR) is 148 cm³/mol. The number of carbonyl (C=O) groups excluding carboxylic acids is 2. The summed E-state index contributed by atoms with van der Waals surface area (Å²) in [6, 6.07) is 24.6. The second-order valence-electron chi connectivity index (χ2n) is 9.86. The average molecular weight is 520 g/mol. The maximum absolute atomic E-state index is 13.2. The van der Waals surface area contributed by atoms with E-state index in [0.29, 0.717) is 26.1 Å². The van der Waals surface area contributed by atoms with Gasteiger partial charge in [0.25, 0.3) is 0 Å². The highest BCUT2D eigenvalue weighted by Crippen LogP contribution is 2.44. The largest absolute Gasteiger partial charge is 0.448 e. The van der Waals surface area contributed by atoms with E-state index in [1.807, 2.05) is 55.5 Å². The molecule has 1 aliphatic carbocycles. The minimum atomic E-state index is -0.911. The van der Waals surface area contributed by atoms with E-state index in [-0.39, 0.29) is 30.8 Å². The van der Waals surface area contributed by atoms with Crippen molar-refractivity contribution in [3.8, 4) is 11.1 Å². The zero-order valence-corrected chi connectivity index (χ0v) is 21.9. The number of ether oxygens (including phenoxy) is 1. The molecule has 0 bridgehead atoms. The molecule has 5 rings (SSSR count). The number of amides is 2. The van der Waals surface area contributed by atoms with Crippen molar-refractivity contribution < 1.29 is 14.3 Å². The average Bonchev–Trinajstić information content (AvgIpc) is 3.46. The third-order valence-electron chi connectivity index (χ3n) is 7.64. The summed E-state index contributed by atoms with van der Waals surface area (Å²) in [6.45, 7) is 3.63. The molecule has 6 nitrogen and oxygen atoms in total. The molecule has 0 radical (unpaired) electrons. The Labute approximate surface area is 224 Å². The van der Waals surface area contributed by atoms with E-state index in [0.717, 1.165) is 24.0 Å². The number of nitrogens with one attached hydrogen (secondary N) is 1. The van der Waals surface area contributed by atoms with Gasteiger partial charge in [-0.2, -0.15) is 0 Å². The summed E-state index contributed by atoms with van der Waals surface area (Å²) in [4.78, 5) is 28.0. The van der Waals surface area contributed by atoms with E-state index in [2.05, 4.69) is 29.6 Å².